The molecule has 0 aliphatic carbocycles. The number of halogens is 4. The average molecular weight is 414 g/mol. The van der Waals surface area contributed by atoms with Gasteiger partial charge in [0.15, 0.2) is 5.65 Å². The molecule has 9 heteroatoms. The van der Waals surface area contributed by atoms with Gasteiger partial charge < -0.3 is 5.32 Å². The summed E-state index contributed by atoms with van der Waals surface area (Å²) in [6.07, 6.45) is -3.17. The quantitative estimate of drug-likeness (QED) is 0.478. The third-order valence-corrected chi connectivity index (χ3v) is 4.56. The Hall–Kier alpha value is -3.75. The SMILES string of the molecule is Cn1ncc2c(C(=O)Nc3ccc(F)cc3)cc(-c3ccccc3C(F)(F)F)nc21. The molecule has 4 rings (SSSR count). The van der Waals surface area contributed by atoms with Crippen LogP contribution in [0, 0.1) is 5.82 Å². The molecule has 1 N–H and O–H groups in total. The van der Waals surface area contributed by atoms with E-state index in [0.29, 0.717) is 11.1 Å². The van der Waals surface area contributed by atoms with Gasteiger partial charge in [-0.15, -0.1) is 0 Å². The molecule has 2 aromatic heterocycles. The van der Waals surface area contributed by atoms with Crippen molar-refractivity contribution in [2.75, 3.05) is 5.32 Å². The van der Waals surface area contributed by atoms with Crippen molar-refractivity contribution in [3.8, 4) is 11.3 Å². The van der Waals surface area contributed by atoms with Gasteiger partial charge in [-0.05, 0) is 36.4 Å². The van der Waals surface area contributed by atoms with E-state index >= 15 is 0 Å². The fraction of sp³-hybridized carbons (Fsp3) is 0.0952. The summed E-state index contributed by atoms with van der Waals surface area (Å²) in [6, 6.07) is 11.5. The van der Waals surface area contributed by atoms with Crippen LogP contribution in [-0.2, 0) is 13.2 Å². The van der Waals surface area contributed by atoms with Gasteiger partial charge >= 0.3 is 6.18 Å². The summed E-state index contributed by atoms with van der Waals surface area (Å²) in [5.74, 6) is -1.04. The number of aromatic nitrogens is 3. The lowest BCUT2D eigenvalue weighted by molar-refractivity contribution is -0.137. The van der Waals surface area contributed by atoms with Crippen LogP contribution in [0.2, 0.25) is 0 Å². The minimum Gasteiger partial charge on any atom is -0.322 e. The highest BCUT2D eigenvalue weighted by Gasteiger charge is 2.34. The summed E-state index contributed by atoms with van der Waals surface area (Å²) in [5, 5.41) is 7.06. The van der Waals surface area contributed by atoms with Crippen LogP contribution >= 0.6 is 0 Å². The topological polar surface area (TPSA) is 59.8 Å². The maximum absolute atomic E-state index is 13.5. The Kier molecular flexibility index (Phi) is 4.73. The molecular weight excluding hydrogens is 400 g/mol. The first-order chi connectivity index (χ1) is 14.2. The number of carbonyl (C=O) groups is 1. The van der Waals surface area contributed by atoms with Crippen molar-refractivity contribution in [1.82, 2.24) is 14.8 Å². The number of aryl methyl sites for hydroxylation is 1. The number of hydrogen-bond acceptors (Lipinski definition) is 3. The summed E-state index contributed by atoms with van der Waals surface area (Å²) in [5.41, 5.74) is -0.318. The molecule has 1 amide bonds. The van der Waals surface area contributed by atoms with Crippen molar-refractivity contribution in [1.29, 1.82) is 0 Å². The predicted octanol–water partition coefficient (Wildman–Crippen LogP) is 5.05. The number of nitrogens with zero attached hydrogens (tertiary/aromatic N) is 3. The summed E-state index contributed by atoms with van der Waals surface area (Å²) < 4.78 is 55.0. The number of anilines is 1. The molecule has 0 aliphatic heterocycles. The first-order valence-corrected chi connectivity index (χ1v) is 8.80. The van der Waals surface area contributed by atoms with Gasteiger partial charge in [-0.1, -0.05) is 18.2 Å². The van der Waals surface area contributed by atoms with Crippen LogP contribution in [-0.4, -0.2) is 20.7 Å². The van der Waals surface area contributed by atoms with E-state index < -0.39 is 23.5 Å². The van der Waals surface area contributed by atoms with E-state index in [9.17, 15) is 22.4 Å². The second-order valence-corrected chi connectivity index (χ2v) is 6.56. The van der Waals surface area contributed by atoms with Crippen molar-refractivity contribution < 1.29 is 22.4 Å². The van der Waals surface area contributed by atoms with Crippen LogP contribution in [0.4, 0.5) is 23.2 Å². The van der Waals surface area contributed by atoms with Gasteiger partial charge in [0, 0.05) is 18.3 Å². The molecule has 0 saturated carbocycles. The first-order valence-electron chi connectivity index (χ1n) is 8.80. The fourth-order valence-electron chi connectivity index (χ4n) is 3.13. The molecule has 2 aromatic carbocycles. The number of rotatable bonds is 3. The summed E-state index contributed by atoms with van der Waals surface area (Å²) in [6.45, 7) is 0. The van der Waals surface area contributed by atoms with Crippen molar-refractivity contribution in [3.63, 3.8) is 0 Å². The van der Waals surface area contributed by atoms with E-state index in [1.807, 2.05) is 0 Å². The normalized spacial score (nSPS) is 11.6. The number of fused-ring (bicyclic) bond motifs is 1. The first kappa shape index (κ1) is 19.6. The smallest absolute Gasteiger partial charge is 0.322 e. The maximum Gasteiger partial charge on any atom is 0.417 e. The molecule has 0 fully saturated rings. The number of benzene rings is 2. The zero-order valence-electron chi connectivity index (χ0n) is 15.5. The van der Waals surface area contributed by atoms with Crippen LogP contribution in [0.15, 0.2) is 60.8 Å². The molecule has 4 aromatic rings. The number of carbonyl (C=O) groups excluding carboxylic acids is 1. The Morgan fingerprint density at radius 2 is 1.77 bits per heavy atom. The van der Waals surface area contributed by atoms with E-state index in [4.69, 9.17) is 0 Å². The Balaban J connectivity index is 1.86. The van der Waals surface area contributed by atoms with Gasteiger partial charge in [0.2, 0.25) is 0 Å². The highest BCUT2D eigenvalue weighted by atomic mass is 19.4. The largest absolute Gasteiger partial charge is 0.417 e. The van der Waals surface area contributed by atoms with Crippen LogP contribution in [0.3, 0.4) is 0 Å². The summed E-state index contributed by atoms with van der Waals surface area (Å²) in [4.78, 5) is 17.2. The fourth-order valence-corrected chi connectivity index (χ4v) is 3.13. The highest BCUT2D eigenvalue weighted by molar-refractivity contribution is 6.12. The Morgan fingerprint density at radius 1 is 1.07 bits per heavy atom. The number of amides is 1. The molecule has 2 heterocycles. The molecule has 0 spiro atoms. The van der Waals surface area contributed by atoms with E-state index in [1.54, 1.807) is 7.05 Å². The zero-order chi connectivity index (χ0) is 21.5. The molecular formula is C21H14F4N4O. The van der Waals surface area contributed by atoms with Crippen molar-refractivity contribution >= 4 is 22.6 Å². The standard InChI is InChI=1S/C21H14F4N4O/c1-29-19-16(11-26-29)15(20(30)27-13-8-6-12(22)7-9-13)10-18(28-19)14-4-2-3-5-17(14)21(23,24)25/h2-11H,1H3,(H,27,30). The van der Waals surface area contributed by atoms with Gasteiger partial charge in [-0.2, -0.15) is 18.3 Å². The number of pyridine rings is 1. The minimum atomic E-state index is -4.59. The van der Waals surface area contributed by atoms with Gasteiger partial charge in [0.05, 0.1) is 28.4 Å². The van der Waals surface area contributed by atoms with Crippen molar-refractivity contribution in [2.24, 2.45) is 7.05 Å². The minimum absolute atomic E-state index is 0.0109. The van der Waals surface area contributed by atoms with E-state index in [2.05, 4.69) is 15.4 Å². The highest BCUT2D eigenvalue weighted by Crippen LogP contribution is 2.37. The lowest BCUT2D eigenvalue weighted by Crippen LogP contribution is -2.13. The molecule has 152 valence electrons. The average Bonchev–Trinajstić information content (AvgIpc) is 3.09. The van der Waals surface area contributed by atoms with Gasteiger partial charge in [0.25, 0.3) is 5.91 Å². The number of alkyl halides is 3. The summed E-state index contributed by atoms with van der Waals surface area (Å²) in [7, 11) is 1.58. The molecule has 30 heavy (non-hydrogen) atoms. The Labute approximate surface area is 168 Å². The van der Waals surface area contributed by atoms with Crippen LogP contribution in [0.25, 0.3) is 22.3 Å². The molecule has 0 radical (unpaired) electrons. The van der Waals surface area contributed by atoms with Crippen molar-refractivity contribution in [3.05, 3.63) is 77.7 Å². The molecule has 5 nitrogen and oxygen atoms in total. The van der Waals surface area contributed by atoms with Gasteiger partial charge in [0.1, 0.15) is 5.82 Å². The Bertz CT molecular complexity index is 1250. The van der Waals surface area contributed by atoms with E-state index in [-0.39, 0.29) is 22.5 Å². The van der Waals surface area contributed by atoms with Crippen LogP contribution in [0.1, 0.15) is 15.9 Å². The second kappa shape index (κ2) is 7.25. The Morgan fingerprint density at radius 3 is 2.47 bits per heavy atom. The van der Waals surface area contributed by atoms with Crippen LogP contribution < -0.4 is 5.32 Å². The predicted molar refractivity (Wildman–Crippen MR) is 103 cm³/mol. The third-order valence-electron chi connectivity index (χ3n) is 4.56. The number of nitrogens with one attached hydrogen (secondary N) is 1. The second-order valence-electron chi connectivity index (χ2n) is 6.56. The monoisotopic (exact) mass is 414 g/mol. The molecule has 0 atom stereocenters. The zero-order valence-corrected chi connectivity index (χ0v) is 15.5. The lowest BCUT2D eigenvalue weighted by Gasteiger charge is -2.14. The van der Waals surface area contributed by atoms with Gasteiger partial charge in [-0.25, -0.2) is 9.37 Å². The molecule has 0 saturated heterocycles. The van der Waals surface area contributed by atoms with Crippen LogP contribution in [0.5, 0.6) is 0 Å². The maximum atomic E-state index is 13.5. The lowest BCUT2D eigenvalue weighted by atomic mass is 10.0. The van der Waals surface area contributed by atoms with E-state index in [1.165, 1.54) is 59.4 Å². The van der Waals surface area contributed by atoms with E-state index in [0.717, 1.165) is 6.07 Å². The van der Waals surface area contributed by atoms with Gasteiger partial charge in [-0.3, -0.25) is 9.48 Å². The van der Waals surface area contributed by atoms with Crippen molar-refractivity contribution in [2.45, 2.75) is 6.18 Å². The number of hydrogen-bond donors (Lipinski definition) is 1. The molecule has 0 bridgehead atoms. The third kappa shape index (κ3) is 3.61. The molecule has 0 unspecified atom stereocenters. The molecule has 0 aliphatic rings. The summed E-state index contributed by atoms with van der Waals surface area (Å²) >= 11 is 0.